The van der Waals surface area contributed by atoms with E-state index in [9.17, 15) is 4.79 Å². The normalized spacial score (nSPS) is 11.7. The molecule has 0 aliphatic heterocycles. The molecule has 1 aromatic heterocycles. The maximum atomic E-state index is 12.6. The van der Waals surface area contributed by atoms with Crippen LogP contribution in [0.2, 0.25) is 0 Å². The standard InChI is InChI=1S/C26H20N4O/c1-17(20-14-13-18-7-2-3-9-21(18)15-20)27-30-26(31)25-16-24(28-29-25)23-12-6-10-19-8-4-5-11-22(19)23/h2-16H,1H3,(H,28,29)(H,30,31)/b27-17+. The molecule has 0 unspecified atom stereocenters. The molecule has 0 saturated heterocycles. The number of amides is 1. The van der Waals surface area contributed by atoms with Crippen molar-refractivity contribution >= 4 is 33.2 Å². The predicted molar refractivity (Wildman–Crippen MR) is 125 cm³/mol. The molecule has 5 heteroatoms. The molecular weight excluding hydrogens is 384 g/mol. The summed E-state index contributed by atoms with van der Waals surface area (Å²) in [6.07, 6.45) is 0. The van der Waals surface area contributed by atoms with Crippen LogP contribution in [0.3, 0.4) is 0 Å². The third-order valence-electron chi connectivity index (χ3n) is 5.38. The molecule has 2 N–H and O–H groups in total. The molecule has 0 aliphatic carbocycles. The van der Waals surface area contributed by atoms with Gasteiger partial charge in [0.1, 0.15) is 5.69 Å². The van der Waals surface area contributed by atoms with Gasteiger partial charge in [0.25, 0.3) is 5.91 Å². The lowest BCUT2D eigenvalue weighted by Crippen LogP contribution is -2.19. The zero-order chi connectivity index (χ0) is 21.2. The highest BCUT2D eigenvalue weighted by atomic mass is 16.2. The molecule has 0 aliphatic rings. The zero-order valence-electron chi connectivity index (χ0n) is 17.0. The Kier molecular flexibility index (Phi) is 4.77. The molecule has 1 amide bonds. The van der Waals surface area contributed by atoms with Gasteiger partial charge in [0.15, 0.2) is 0 Å². The van der Waals surface area contributed by atoms with Gasteiger partial charge in [0, 0.05) is 5.56 Å². The van der Waals surface area contributed by atoms with Crippen LogP contribution in [0.15, 0.2) is 96.1 Å². The van der Waals surface area contributed by atoms with Crippen molar-refractivity contribution in [1.29, 1.82) is 0 Å². The lowest BCUT2D eigenvalue weighted by atomic mass is 10.0. The maximum absolute atomic E-state index is 12.6. The number of hydrazone groups is 1. The minimum absolute atomic E-state index is 0.334. The van der Waals surface area contributed by atoms with E-state index < -0.39 is 0 Å². The number of benzene rings is 4. The minimum atomic E-state index is -0.334. The van der Waals surface area contributed by atoms with E-state index in [1.807, 2.05) is 49.4 Å². The van der Waals surface area contributed by atoms with E-state index in [2.05, 4.69) is 63.2 Å². The Morgan fingerprint density at radius 2 is 1.58 bits per heavy atom. The van der Waals surface area contributed by atoms with Gasteiger partial charge in [-0.05, 0) is 46.2 Å². The molecule has 0 saturated carbocycles. The molecule has 4 aromatic carbocycles. The van der Waals surface area contributed by atoms with Gasteiger partial charge < -0.3 is 0 Å². The van der Waals surface area contributed by atoms with Gasteiger partial charge in [0.05, 0.1) is 11.4 Å². The average molecular weight is 404 g/mol. The number of carbonyl (C=O) groups excluding carboxylic acids is 1. The van der Waals surface area contributed by atoms with Gasteiger partial charge in [0.2, 0.25) is 0 Å². The van der Waals surface area contributed by atoms with Crippen molar-refractivity contribution in [3.05, 3.63) is 102 Å². The van der Waals surface area contributed by atoms with Crippen LogP contribution < -0.4 is 5.43 Å². The molecule has 5 nitrogen and oxygen atoms in total. The Hall–Kier alpha value is -4.25. The molecule has 0 fully saturated rings. The third-order valence-corrected chi connectivity index (χ3v) is 5.38. The molecule has 5 aromatic rings. The molecule has 0 radical (unpaired) electrons. The molecule has 0 atom stereocenters. The Morgan fingerprint density at radius 3 is 2.45 bits per heavy atom. The summed E-state index contributed by atoms with van der Waals surface area (Å²) in [7, 11) is 0. The van der Waals surface area contributed by atoms with Crippen molar-refractivity contribution in [1.82, 2.24) is 15.6 Å². The SMILES string of the molecule is C/C(=N\NC(=O)c1cc(-c2cccc3ccccc23)n[nH]1)c1ccc2ccccc2c1. The van der Waals surface area contributed by atoms with Crippen LogP contribution in [-0.4, -0.2) is 21.8 Å². The first-order chi connectivity index (χ1) is 15.2. The van der Waals surface area contributed by atoms with Crippen LogP contribution in [0.5, 0.6) is 0 Å². The third kappa shape index (κ3) is 3.69. The highest BCUT2D eigenvalue weighted by Gasteiger charge is 2.12. The van der Waals surface area contributed by atoms with Crippen LogP contribution in [0.4, 0.5) is 0 Å². The van der Waals surface area contributed by atoms with Crippen molar-refractivity contribution in [2.24, 2.45) is 5.10 Å². The Bertz CT molecular complexity index is 1440. The first-order valence-corrected chi connectivity index (χ1v) is 10.1. The molecule has 0 spiro atoms. The van der Waals surface area contributed by atoms with Gasteiger partial charge in [-0.2, -0.15) is 10.2 Å². The van der Waals surface area contributed by atoms with Gasteiger partial charge in [-0.3, -0.25) is 9.89 Å². The monoisotopic (exact) mass is 404 g/mol. The number of hydrogen-bond donors (Lipinski definition) is 2. The summed E-state index contributed by atoms with van der Waals surface area (Å²) >= 11 is 0. The van der Waals surface area contributed by atoms with Crippen molar-refractivity contribution in [3.63, 3.8) is 0 Å². The topological polar surface area (TPSA) is 70.1 Å². The van der Waals surface area contributed by atoms with Crippen LogP contribution >= 0.6 is 0 Å². The number of aromatic nitrogens is 2. The first kappa shape index (κ1) is 18.8. The Labute approximate surface area is 179 Å². The largest absolute Gasteiger partial charge is 0.289 e. The molecule has 1 heterocycles. The molecule has 150 valence electrons. The van der Waals surface area contributed by atoms with E-state index >= 15 is 0 Å². The summed E-state index contributed by atoms with van der Waals surface area (Å²) in [5.74, 6) is -0.334. The Morgan fingerprint density at radius 1 is 0.839 bits per heavy atom. The summed E-state index contributed by atoms with van der Waals surface area (Å²) in [5.41, 5.74) is 6.37. The van der Waals surface area contributed by atoms with Gasteiger partial charge in [-0.1, -0.05) is 78.9 Å². The minimum Gasteiger partial charge on any atom is -0.272 e. The number of fused-ring (bicyclic) bond motifs is 2. The first-order valence-electron chi connectivity index (χ1n) is 10.1. The second-order valence-corrected chi connectivity index (χ2v) is 7.39. The number of hydrogen-bond acceptors (Lipinski definition) is 3. The highest BCUT2D eigenvalue weighted by molar-refractivity contribution is 6.03. The van der Waals surface area contributed by atoms with Crippen molar-refractivity contribution in [3.8, 4) is 11.3 Å². The fourth-order valence-electron chi connectivity index (χ4n) is 3.70. The zero-order valence-corrected chi connectivity index (χ0v) is 17.0. The summed E-state index contributed by atoms with van der Waals surface area (Å²) in [5, 5.41) is 16.0. The van der Waals surface area contributed by atoms with Crippen molar-refractivity contribution in [2.45, 2.75) is 6.92 Å². The number of H-pyrrole nitrogens is 1. The maximum Gasteiger partial charge on any atom is 0.289 e. The van der Waals surface area contributed by atoms with Crippen LogP contribution in [0.25, 0.3) is 32.8 Å². The predicted octanol–water partition coefficient (Wildman–Crippen LogP) is 5.54. The fourth-order valence-corrected chi connectivity index (χ4v) is 3.70. The second kappa shape index (κ2) is 7.88. The molecule has 5 rings (SSSR count). The number of rotatable bonds is 4. The van der Waals surface area contributed by atoms with Gasteiger partial charge in [-0.25, -0.2) is 5.43 Å². The van der Waals surface area contributed by atoms with E-state index in [-0.39, 0.29) is 5.91 Å². The average Bonchev–Trinajstić information content (AvgIpc) is 3.32. The summed E-state index contributed by atoms with van der Waals surface area (Å²) < 4.78 is 0. The van der Waals surface area contributed by atoms with Crippen molar-refractivity contribution in [2.75, 3.05) is 0 Å². The molecule has 0 bridgehead atoms. The second-order valence-electron chi connectivity index (χ2n) is 7.39. The Balaban J connectivity index is 1.36. The lowest BCUT2D eigenvalue weighted by Gasteiger charge is -2.04. The fraction of sp³-hybridized carbons (Fsp3) is 0.0385. The number of carbonyl (C=O) groups is 1. The lowest BCUT2D eigenvalue weighted by molar-refractivity contribution is 0.0950. The van der Waals surface area contributed by atoms with E-state index in [0.29, 0.717) is 5.69 Å². The number of nitrogens with zero attached hydrogens (tertiary/aromatic N) is 2. The number of nitrogens with one attached hydrogen (secondary N) is 2. The quantitative estimate of drug-likeness (QED) is 0.305. The van der Waals surface area contributed by atoms with Crippen LogP contribution in [-0.2, 0) is 0 Å². The number of aromatic amines is 1. The molecule has 31 heavy (non-hydrogen) atoms. The summed E-state index contributed by atoms with van der Waals surface area (Å²) in [4.78, 5) is 12.6. The van der Waals surface area contributed by atoms with E-state index in [0.717, 1.165) is 38.7 Å². The van der Waals surface area contributed by atoms with E-state index in [1.165, 1.54) is 5.39 Å². The molecular formula is C26H20N4O. The smallest absolute Gasteiger partial charge is 0.272 e. The van der Waals surface area contributed by atoms with E-state index in [4.69, 9.17) is 0 Å². The van der Waals surface area contributed by atoms with E-state index in [1.54, 1.807) is 6.07 Å². The van der Waals surface area contributed by atoms with Crippen LogP contribution in [0, 0.1) is 0 Å². The van der Waals surface area contributed by atoms with Crippen molar-refractivity contribution < 1.29 is 4.79 Å². The van der Waals surface area contributed by atoms with Gasteiger partial charge >= 0.3 is 0 Å². The van der Waals surface area contributed by atoms with Crippen LogP contribution in [0.1, 0.15) is 23.0 Å². The highest BCUT2D eigenvalue weighted by Crippen LogP contribution is 2.27. The summed E-state index contributed by atoms with van der Waals surface area (Å²) in [6.45, 7) is 1.87. The summed E-state index contributed by atoms with van der Waals surface area (Å²) in [6, 6.07) is 30.2. The van der Waals surface area contributed by atoms with Gasteiger partial charge in [-0.15, -0.1) is 0 Å².